The van der Waals surface area contributed by atoms with Crippen LogP contribution in [-0.2, 0) is 17.9 Å². The first-order valence-corrected chi connectivity index (χ1v) is 10.2. The first-order valence-electron chi connectivity index (χ1n) is 9.34. The number of nitrogens with zero attached hydrogens (tertiary/aromatic N) is 3. The lowest BCUT2D eigenvalue weighted by Gasteiger charge is -2.09. The van der Waals surface area contributed by atoms with Crippen LogP contribution in [-0.4, -0.2) is 20.7 Å². The minimum atomic E-state index is -0.569. The fourth-order valence-corrected chi connectivity index (χ4v) is 3.85. The van der Waals surface area contributed by atoms with Crippen LogP contribution in [0.2, 0.25) is 0 Å². The highest BCUT2D eigenvalue weighted by molar-refractivity contribution is 7.13. The monoisotopic (exact) mass is 405 g/mol. The average Bonchev–Trinajstić information content (AvgIpc) is 3.24. The number of aromatic nitrogens is 3. The first-order chi connectivity index (χ1) is 14.2. The second kappa shape index (κ2) is 8.36. The second-order valence-electron chi connectivity index (χ2n) is 6.51. The van der Waals surface area contributed by atoms with Gasteiger partial charge < -0.3 is 4.74 Å². The molecule has 0 atom stereocenters. The van der Waals surface area contributed by atoms with Gasteiger partial charge in [0, 0.05) is 22.9 Å². The zero-order chi connectivity index (χ0) is 20.2. The molecule has 0 amide bonds. The summed E-state index contributed by atoms with van der Waals surface area (Å²) in [5.74, 6) is -0.569. The molecule has 6 nitrogen and oxygen atoms in total. The van der Waals surface area contributed by atoms with E-state index in [1.165, 1.54) is 16.0 Å². The zero-order valence-electron chi connectivity index (χ0n) is 15.9. The molecule has 0 spiro atoms. The van der Waals surface area contributed by atoms with E-state index in [1.54, 1.807) is 24.3 Å². The summed E-state index contributed by atoms with van der Waals surface area (Å²) >= 11 is 1.50. The molecule has 146 valence electrons. The van der Waals surface area contributed by atoms with Crippen molar-refractivity contribution in [1.29, 1.82) is 0 Å². The van der Waals surface area contributed by atoms with E-state index >= 15 is 0 Å². The Labute approximate surface area is 171 Å². The Morgan fingerprint density at radius 3 is 2.55 bits per heavy atom. The molecule has 2 aromatic carbocycles. The van der Waals surface area contributed by atoms with E-state index in [2.05, 4.69) is 10.1 Å². The minimum absolute atomic E-state index is 0.0467. The van der Waals surface area contributed by atoms with E-state index in [0.29, 0.717) is 23.0 Å². The van der Waals surface area contributed by atoms with Crippen LogP contribution in [0.25, 0.3) is 21.3 Å². The van der Waals surface area contributed by atoms with Gasteiger partial charge in [-0.1, -0.05) is 55.5 Å². The molecule has 4 aromatic rings. The number of carbonyl (C=O) groups is 1. The summed E-state index contributed by atoms with van der Waals surface area (Å²) in [5.41, 5.74) is 1.64. The Morgan fingerprint density at radius 2 is 1.79 bits per heavy atom. The Bertz CT molecular complexity index is 1210. The number of carbonyl (C=O) groups excluding carboxylic acids is 1. The van der Waals surface area contributed by atoms with Gasteiger partial charge in [0.05, 0.1) is 11.1 Å². The van der Waals surface area contributed by atoms with E-state index in [9.17, 15) is 9.59 Å². The third-order valence-electron chi connectivity index (χ3n) is 4.42. The van der Waals surface area contributed by atoms with Crippen LogP contribution in [0.3, 0.4) is 0 Å². The van der Waals surface area contributed by atoms with Gasteiger partial charge in [-0.2, -0.15) is 5.10 Å². The largest absolute Gasteiger partial charge is 0.454 e. The number of hydrogen-bond donors (Lipinski definition) is 0. The van der Waals surface area contributed by atoms with Crippen molar-refractivity contribution >= 4 is 28.1 Å². The number of aryl methyl sites for hydroxylation is 1. The van der Waals surface area contributed by atoms with Crippen molar-refractivity contribution in [3.8, 4) is 10.6 Å². The topological polar surface area (TPSA) is 74.1 Å². The van der Waals surface area contributed by atoms with Crippen molar-refractivity contribution in [2.24, 2.45) is 0 Å². The molecule has 0 fully saturated rings. The standard InChI is InChI=1S/C22H19N3O3S/c1-2-12-25-21(26)18-11-7-6-10-17(18)19(24-25)22(27)28-13-16-14-29-20(23-16)15-8-4-3-5-9-15/h3-11,14H,2,12-13H2,1H3. The van der Waals surface area contributed by atoms with Crippen LogP contribution in [0, 0.1) is 0 Å². The van der Waals surface area contributed by atoms with E-state index in [0.717, 1.165) is 17.0 Å². The summed E-state index contributed by atoms with van der Waals surface area (Å²) in [6, 6.07) is 16.8. The minimum Gasteiger partial charge on any atom is -0.454 e. The number of thiazole rings is 1. The van der Waals surface area contributed by atoms with E-state index in [4.69, 9.17) is 4.74 Å². The molecule has 0 aliphatic heterocycles. The number of fused-ring (bicyclic) bond motifs is 1. The zero-order valence-corrected chi connectivity index (χ0v) is 16.7. The van der Waals surface area contributed by atoms with Gasteiger partial charge in [-0.15, -0.1) is 11.3 Å². The van der Waals surface area contributed by atoms with E-state index in [-0.39, 0.29) is 17.9 Å². The normalized spacial score (nSPS) is 10.9. The number of benzene rings is 2. The Hall–Kier alpha value is -3.32. The van der Waals surface area contributed by atoms with Gasteiger partial charge in [0.2, 0.25) is 0 Å². The molecular weight excluding hydrogens is 386 g/mol. The van der Waals surface area contributed by atoms with Crippen molar-refractivity contribution in [2.45, 2.75) is 26.5 Å². The molecule has 7 heteroatoms. The molecule has 2 heterocycles. The quantitative estimate of drug-likeness (QED) is 0.448. The molecule has 0 aliphatic carbocycles. The predicted molar refractivity (Wildman–Crippen MR) is 113 cm³/mol. The van der Waals surface area contributed by atoms with Crippen LogP contribution in [0.5, 0.6) is 0 Å². The van der Waals surface area contributed by atoms with Gasteiger partial charge in [-0.25, -0.2) is 14.5 Å². The van der Waals surface area contributed by atoms with Crippen LogP contribution in [0.15, 0.2) is 64.8 Å². The fourth-order valence-electron chi connectivity index (χ4n) is 3.04. The molecule has 0 saturated heterocycles. The van der Waals surface area contributed by atoms with E-state index in [1.807, 2.05) is 42.6 Å². The van der Waals surface area contributed by atoms with Gasteiger partial charge in [-0.3, -0.25) is 4.79 Å². The first kappa shape index (κ1) is 19.0. The van der Waals surface area contributed by atoms with Crippen LogP contribution >= 0.6 is 11.3 Å². The van der Waals surface area contributed by atoms with Crippen molar-refractivity contribution < 1.29 is 9.53 Å². The third kappa shape index (κ3) is 3.95. The number of hydrogen-bond acceptors (Lipinski definition) is 6. The number of rotatable bonds is 6. The molecular formula is C22H19N3O3S. The summed E-state index contributed by atoms with van der Waals surface area (Å²) < 4.78 is 6.80. The number of esters is 1. The maximum atomic E-state index is 12.8. The van der Waals surface area contributed by atoms with Crippen LogP contribution < -0.4 is 5.56 Å². The summed E-state index contributed by atoms with van der Waals surface area (Å²) in [5, 5.41) is 7.97. The van der Waals surface area contributed by atoms with Crippen LogP contribution in [0.4, 0.5) is 0 Å². The van der Waals surface area contributed by atoms with Gasteiger partial charge in [0.25, 0.3) is 5.56 Å². The van der Waals surface area contributed by atoms with Gasteiger partial charge >= 0.3 is 5.97 Å². The maximum Gasteiger partial charge on any atom is 0.359 e. The highest BCUT2D eigenvalue weighted by Gasteiger charge is 2.18. The molecule has 0 bridgehead atoms. The molecule has 4 rings (SSSR count). The second-order valence-corrected chi connectivity index (χ2v) is 7.37. The number of ether oxygens (including phenoxy) is 1. The highest BCUT2D eigenvalue weighted by atomic mass is 32.1. The smallest absolute Gasteiger partial charge is 0.359 e. The molecule has 0 radical (unpaired) electrons. The van der Waals surface area contributed by atoms with Crippen molar-refractivity contribution in [2.75, 3.05) is 0 Å². The molecule has 2 aromatic heterocycles. The molecule has 29 heavy (non-hydrogen) atoms. The van der Waals surface area contributed by atoms with Crippen molar-refractivity contribution in [3.63, 3.8) is 0 Å². The SMILES string of the molecule is CCCn1nc(C(=O)OCc2csc(-c3ccccc3)n2)c2ccccc2c1=O. The Kier molecular flexibility index (Phi) is 5.48. The van der Waals surface area contributed by atoms with Crippen molar-refractivity contribution in [1.82, 2.24) is 14.8 Å². The Morgan fingerprint density at radius 1 is 1.07 bits per heavy atom. The lowest BCUT2D eigenvalue weighted by Crippen LogP contribution is -2.26. The summed E-state index contributed by atoms with van der Waals surface area (Å²) in [7, 11) is 0. The fraction of sp³-hybridized carbons (Fsp3) is 0.182. The molecule has 0 saturated carbocycles. The lowest BCUT2D eigenvalue weighted by atomic mass is 10.1. The summed E-state index contributed by atoms with van der Waals surface area (Å²) in [6.45, 7) is 2.44. The summed E-state index contributed by atoms with van der Waals surface area (Å²) in [4.78, 5) is 29.8. The average molecular weight is 405 g/mol. The third-order valence-corrected chi connectivity index (χ3v) is 5.36. The van der Waals surface area contributed by atoms with E-state index < -0.39 is 5.97 Å². The Balaban J connectivity index is 1.58. The van der Waals surface area contributed by atoms with Gasteiger partial charge in [0.1, 0.15) is 11.6 Å². The summed E-state index contributed by atoms with van der Waals surface area (Å²) in [6.07, 6.45) is 0.737. The predicted octanol–water partition coefficient (Wildman–Crippen LogP) is 4.29. The molecule has 0 N–H and O–H groups in total. The molecule has 0 unspecified atom stereocenters. The van der Waals surface area contributed by atoms with Crippen LogP contribution in [0.1, 0.15) is 29.5 Å². The maximum absolute atomic E-state index is 12.8. The lowest BCUT2D eigenvalue weighted by molar-refractivity contribution is 0.0461. The van der Waals surface area contributed by atoms with Gasteiger partial charge in [0.15, 0.2) is 5.69 Å². The van der Waals surface area contributed by atoms with Crippen molar-refractivity contribution in [3.05, 3.63) is 81.7 Å². The molecule has 0 aliphatic rings. The van der Waals surface area contributed by atoms with Gasteiger partial charge in [-0.05, 0) is 12.5 Å². The highest BCUT2D eigenvalue weighted by Crippen LogP contribution is 2.24.